The molecule has 3 aromatic carbocycles. The van der Waals surface area contributed by atoms with E-state index in [0.29, 0.717) is 15.6 Å². The van der Waals surface area contributed by atoms with Crippen LogP contribution in [0.4, 0.5) is 5.69 Å². The molecule has 0 spiro atoms. The van der Waals surface area contributed by atoms with Crippen molar-refractivity contribution in [1.29, 1.82) is 0 Å². The number of esters is 1. The zero-order valence-electron chi connectivity index (χ0n) is 14.1. The predicted molar refractivity (Wildman–Crippen MR) is 112 cm³/mol. The van der Waals surface area contributed by atoms with E-state index in [0.717, 1.165) is 21.3 Å². The zero-order chi connectivity index (χ0) is 18.6. The first-order valence-corrected chi connectivity index (χ1v) is 9.48. The summed E-state index contributed by atoms with van der Waals surface area (Å²) in [6.45, 7) is 0. The second kappa shape index (κ2) is 7.74. The number of carbonyl (C=O) groups is 1. The maximum absolute atomic E-state index is 12.5. The topological polar surface area (TPSA) is 38.7 Å². The summed E-state index contributed by atoms with van der Waals surface area (Å²) >= 11 is 7.67. The summed E-state index contributed by atoms with van der Waals surface area (Å²) in [5, 5.41) is 1.30. The molecule has 3 nitrogen and oxygen atoms in total. The van der Waals surface area contributed by atoms with Crippen molar-refractivity contribution in [2.45, 2.75) is 0 Å². The van der Waals surface area contributed by atoms with Crippen LogP contribution in [0.5, 0.6) is 5.75 Å². The minimum Gasteiger partial charge on any atom is -0.422 e. The van der Waals surface area contributed by atoms with E-state index in [4.69, 9.17) is 16.3 Å². The van der Waals surface area contributed by atoms with Crippen molar-refractivity contribution in [2.24, 2.45) is 4.99 Å². The van der Waals surface area contributed by atoms with Gasteiger partial charge in [-0.1, -0.05) is 48.0 Å². The van der Waals surface area contributed by atoms with Gasteiger partial charge in [-0.3, -0.25) is 4.99 Å². The van der Waals surface area contributed by atoms with Gasteiger partial charge >= 0.3 is 5.97 Å². The highest BCUT2D eigenvalue weighted by Crippen LogP contribution is 2.35. The highest BCUT2D eigenvalue weighted by Gasteiger charge is 2.18. The van der Waals surface area contributed by atoms with E-state index in [9.17, 15) is 4.79 Å². The molecule has 0 bridgehead atoms. The molecule has 132 valence electrons. The van der Waals surface area contributed by atoms with Crippen molar-refractivity contribution in [3.05, 3.63) is 94.3 Å². The summed E-state index contributed by atoms with van der Waals surface area (Å²) < 4.78 is 6.43. The van der Waals surface area contributed by atoms with Gasteiger partial charge in [0.05, 0.1) is 10.7 Å². The SMILES string of the molecule is O=C(Oc1ccc(C=Nc2ccccc2)cc1)c1sc2ccccc2c1Cl. The Morgan fingerprint density at radius 1 is 0.926 bits per heavy atom. The molecule has 4 aromatic rings. The Kier molecular flexibility index (Phi) is 5.01. The summed E-state index contributed by atoms with van der Waals surface area (Å²) in [5.41, 5.74) is 1.80. The van der Waals surface area contributed by atoms with Gasteiger partial charge in [-0.05, 0) is 48.0 Å². The molecule has 0 atom stereocenters. The Morgan fingerprint density at radius 3 is 2.37 bits per heavy atom. The number of ether oxygens (including phenoxy) is 1. The van der Waals surface area contributed by atoms with E-state index >= 15 is 0 Å². The van der Waals surface area contributed by atoms with Gasteiger partial charge in [-0.15, -0.1) is 11.3 Å². The Balaban J connectivity index is 1.48. The van der Waals surface area contributed by atoms with Crippen molar-refractivity contribution in [1.82, 2.24) is 0 Å². The average molecular weight is 392 g/mol. The first-order chi connectivity index (χ1) is 13.2. The number of hydrogen-bond donors (Lipinski definition) is 0. The number of benzene rings is 3. The van der Waals surface area contributed by atoms with E-state index in [1.54, 1.807) is 18.3 Å². The molecule has 5 heteroatoms. The normalized spacial score (nSPS) is 11.1. The number of hydrogen-bond acceptors (Lipinski definition) is 4. The third kappa shape index (κ3) is 3.92. The molecule has 0 amide bonds. The first-order valence-electron chi connectivity index (χ1n) is 8.29. The van der Waals surface area contributed by atoms with Crippen LogP contribution in [0.15, 0.2) is 83.9 Å². The fraction of sp³-hybridized carbons (Fsp3) is 0. The van der Waals surface area contributed by atoms with E-state index in [2.05, 4.69) is 4.99 Å². The van der Waals surface area contributed by atoms with Crippen LogP contribution in [0, 0.1) is 0 Å². The summed E-state index contributed by atoms with van der Waals surface area (Å²) in [7, 11) is 0. The second-order valence-electron chi connectivity index (χ2n) is 5.79. The number of halogens is 1. The molecule has 1 aromatic heterocycles. The van der Waals surface area contributed by atoms with Crippen LogP contribution in [0.1, 0.15) is 15.2 Å². The summed E-state index contributed by atoms with van der Waals surface area (Å²) in [4.78, 5) is 17.3. The van der Waals surface area contributed by atoms with Crippen LogP contribution in [0.2, 0.25) is 5.02 Å². The van der Waals surface area contributed by atoms with Crippen molar-refractivity contribution >= 4 is 50.9 Å². The van der Waals surface area contributed by atoms with E-state index < -0.39 is 5.97 Å². The molecule has 0 radical (unpaired) electrons. The van der Waals surface area contributed by atoms with Crippen molar-refractivity contribution in [3.8, 4) is 5.75 Å². The van der Waals surface area contributed by atoms with Crippen LogP contribution >= 0.6 is 22.9 Å². The maximum atomic E-state index is 12.5. The van der Waals surface area contributed by atoms with Crippen LogP contribution < -0.4 is 4.74 Å². The number of aliphatic imine (C=N–C) groups is 1. The number of carbonyl (C=O) groups excluding carboxylic acids is 1. The molecular weight excluding hydrogens is 378 g/mol. The van der Waals surface area contributed by atoms with Crippen molar-refractivity contribution in [2.75, 3.05) is 0 Å². The predicted octanol–water partition coefficient (Wildman–Crippen LogP) is 6.52. The molecule has 0 unspecified atom stereocenters. The molecule has 1 heterocycles. The standard InChI is InChI=1S/C22H14ClNO2S/c23-20-18-8-4-5-9-19(18)27-21(20)22(25)26-17-12-10-15(11-13-17)14-24-16-6-2-1-3-7-16/h1-14H. The summed E-state index contributed by atoms with van der Waals surface area (Å²) in [6, 6.07) is 24.5. The Labute approximate surface area is 165 Å². The molecule has 27 heavy (non-hydrogen) atoms. The monoisotopic (exact) mass is 391 g/mol. The van der Waals surface area contributed by atoms with Gasteiger partial charge in [0, 0.05) is 16.3 Å². The third-order valence-electron chi connectivity index (χ3n) is 3.93. The largest absolute Gasteiger partial charge is 0.422 e. The number of rotatable bonds is 4. The minimum absolute atomic E-state index is 0.410. The van der Waals surface area contributed by atoms with Crippen LogP contribution in [0.25, 0.3) is 10.1 Å². The third-order valence-corrected chi connectivity index (χ3v) is 5.59. The van der Waals surface area contributed by atoms with E-state index in [1.165, 1.54) is 11.3 Å². The molecule has 0 N–H and O–H groups in total. The van der Waals surface area contributed by atoms with Gasteiger partial charge in [0.25, 0.3) is 0 Å². The Morgan fingerprint density at radius 2 is 1.63 bits per heavy atom. The van der Waals surface area contributed by atoms with Crippen LogP contribution in [0.3, 0.4) is 0 Å². The summed E-state index contributed by atoms with van der Waals surface area (Å²) in [6.07, 6.45) is 1.77. The number of para-hydroxylation sites is 1. The molecule has 0 saturated heterocycles. The fourth-order valence-electron chi connectivity index (χ4n) is 2.58. The van der Waals surface area contributed by atoms with Gasteiger partial charge in [0.1, 0.15) is 10.6 Å². The van der Waals surface area contributed by atoms with Crippen molar-refractivity contribution < 1.29 is 9.53 Å². The maximum Gasteiger partial charge on any atom is 0.355 e. The lowest BCUT2D eigenvalue weighted by Crippen LogP contribution is -2.06. The first kappa shape index (κ1) is 17.5. The highest BCUT2D eigenvalue weighted by atomic mass is 35.5. The lowest BCUT2D eigenvalue weighted by Gasteiger charge is -2.03. The van der Waals surface area contributed by atoms with Crippen molar-refractivity contribution in [3.63, 3.8) is 0 Å². The Hall–Kier alpha value is -2.95. The van der Waals surface area contributed by atoms with Crippen LogP contribution in [-0.4, -0.2) is 12.2 Å². The summed E-state index contributed by atoms with van der Waals surface area (Å²) in [5.74, 6) is 0.0114. The zero-order valence-corrected chi connectivity index (χ0v) is 15.7. The molecule has 0 aliphatic rings. The second-order valence-corrected chi connectivity index (χ2v) is 7.22. The average Bonchev–Trinajstić information content (AvgIpc) is 3.05. The Bertz CT molecular complexity index is 1120. The molecule has 4 rings (SSSR count). The van der Waals surface area contributed by atoms with Gasteiger partial charge in [0.2, 0.25) is 0 Å². The lowest BCUT2D eigenvalue weighted by atomic mass is 10.2. The van der Waals surface area contributed by atoms with E-state index in [-0.39, 0.29) is 0 Å². The number of nitrogens with zero attached hydrogens (tertiary/aromatic N) is 1. The smallest absolute Gasteiger partial charge is 0.355 e. The number of fused-ring (bicyclic) bond motifs is 1. The fourth-order valence-corrected chi connectivity index (χ4v) is 3.97. The molecule has 0 aliphatic heterocycles. The lowest BCUT2D eigenvalue weighted by molar-refractivity contribution is 0.0740. The molecular formula is C22H14ClNO2S. The van der Waals surface area contributed by atoms with E-state index in [1.807, 2.05) is 66.7 Å². The van der Waals surface area contributed by atoms with Gasteiger partial charge in [-0.25, -0.2) is 4.79 Å². The quantitative estimate of drug-likeness (QED) is 0.225. The minimum atomic E-state index is -0.452. The molecule has 0 aliphatic carbocycles. The van der Waals surface area contributed by atoms with Gasteiger partial charge in [0.15, 0.2) is 0 Å². The van der Waals surface area contributed by atoms with Gasteiger partial charge in [-0.2, -0.15) is 0 Å². The molecule has 0 saturated carbocycles. The number of thiophene rings is 1. The highest BCUT2D eigenvalue weighted by molar-refractivity contribution is 7.21. The molecule has 0 fully saturated rings. The van der Waals surface area contributed by atoms with Gasteiger partial charge < -0.3 is 4.74 Å². The van der Waals surface area contributed by atoms with Crippen LogP contribution in [-0.2, 0) is 0 Å².